The van der Waals surface area contributed by atoms with Gasteiger partial charge in [-0.05, 0) is 50.3 Å². The van der Waals surface area contributed by atoms with Gasteiger partial charge in [-0.15, -0.1) is 0 Å². The van der Waals surface area contributed by atoms with E-state index in [2.05, 4.69) is 52.2 Å². The van der Waals surface area contributed by atoms with Crippen molar-refractivity contribution in [3.05, 3.63) is 42.1 Å². The highest BCUT2D eigenvalue weighted by molar-refractivity contribution is 5.98. The molecule has 29 heavy (non-hydrogen) atoms. The van der Waals surface area contributed by atoms with Crippen molar-refractivity contribution < 1.29 is 0 Å². The zero-order chi connectivity index (χ0) is 19.8. The Labute approximate surface area is 170 Å². The second-order valence-electron chi connectivity index (χ2n) is 8.05. The zero-order valence-corrected chi connectivity index (χ0v) is 16.9. The number of benzene rings is 1. The van der Waals surface area contributed by atoms with Crippen LogP contribution in [0.3, 0.4) is 0 Å². The van der Waals surface area contributed by atoms with Crippen LogP contribution in [0.2, 0.25) is 0 Å². The summed E-state index contributed by atoms with van der Waals surface area (Å²) >= 11 is 0. The molecular formula is C22H27N7. The maximum Gasteiger partial charge on any atom is 0.231 e. The smallest absolute Gasteiger partial charge is 0.231 e. The van der Waals surface area contributed by atoms with Crippen molar-refractivity contribution in [2.45, 2.75) is 32.2 Å². The fourth-order valence-corrected chi connectivity index (χ4v) is 3.97. The quantitative estimate of drug-likeness (QED) is 0.597. The van der Waals surface area contributed by atoms with E-state index in [4.69, 9.17) is 9.97 Å². The van der Waals surface area contributed by atoms with Gasteiger partial charge < -0.3 is 16.0 Å². The van der Waals surface area contributed by atoms with E-state index in [1.165, 1.54) is 24.0 Å². The predicted molar refractivity (Wildman–Crippen MR) is 117 cm³/mol. The maximum absolute atomic E-state index is 4.91. The molecule has 3 N–H and O–H groups in total. The number of nitrogens with zero attached hydrogens (tertiary/aromatic N) is 4. The number of hydrogen-bond acceptors (Lipinski definition) is 6. The highest BCUT2D eigenvalue weighted by Gasteiger charge is 2.28. The summed E-state index contributed by atoms with van der Waals surface area (Å²) in [5.41, 5.74) is 3.52. The first kappa shape index (κ1) is 18.1. The lowest BCUT2D eigenvalue weighted by Gasteiger charge is -2.19. The molecule has 0 saturated heterocycles. The molecule has 5 rings (SSSR count). The van der Waals surface area contributed by atoms with Crippen LogP contribution in [0.15, 0.2) is 36.5 Å². The Kier molecular flexibility index (Phi) is 4.67. The molecule has 3 aromatic rings. The second kappa shape index (κ2) is 7.48. The van der Waals surface area contributed by atoms with Crippen molar-refractivity contribution in [3.8, 4) is 0 Å². The molecular weight excluding hydrogens is 362 g/mol. The van der Waals surface area contributed by atoms with E-state index in [-0.39, 0.29) is 0 Å². The van der Waals surface area contributed by atoms with E-state index in [1.807, 2.05) is 19.3 Å². The normalized spacial score (nSPS) is 17.8. The summed E-state index contributed by atoms with van der Waals surface area (Å²) in [6.07, 6.45) is 7.77. The van der Waals surface area contributed by atoms with Crippen LogP contribution in [0.1, 0.15) is 31.7 Å². The largest absolute Gasteiger partial charge is 0.367 e. The third-order valence-electron chi connectivity index (χ3n) is 5.78. The van der Waals surface area contributed by atoms with Gasteiger partial charge >= 0.3 is 0 Å². The number of hydrogen-bond donors (Lipinski definition) is 3. The fourth-order valence-electron chi connectivity index (χ4n) is 3.97. The van der Waals surface area contributed by atoms with Gasteiger partial charge in [-0.1, -0.05) is 18.2 Å². The standard InChI is InChI=1S/C22H27N7/c1-14(15-6-7-15)24-21-18-5-3-4-17(16-8-11-23-12-9-16)20(18)26-22(27-21)25-19-10-13-29(2)28-19/h3-5,8,10,13-15,23H,6-7,9,11-12H2,1-2H3,(H2,24,25,26,27,28). The summed E-state index contributed by atoms with van der Waals surface area (Å²) in [4.78, 5) is 9.74. The van der Waals surface area contributed by atoms with Gasteiger partial charge in [0.1, 0.15) is 5.82 Å². The molecule has 0 bridgehead atoms. The lowest BCUT2D eigenvalue weighted by molar-refractivity contribution is 0.691. The van der Waals surface area contributed by atoms with Crippen molar-refractivity contribution in [1.82, 2.24) is 25.1 Å². The second-order valence-corrected chi connectivity index (χ2v) is 8.05. The SMILES string of the molecule is CC(Nc1nc(Nc2ccn(C)n2)nc2c(C3=CCNCC3)cccc12)C1CC1. The van der Waals surface area contributed by atoms with Gasteiger partial charge in [0.05, 0.1) is 5.52 Å². The lowest BCUT2D eigenvalue weighted by Crippen LogP contribution is -2.20. The molecule has 150 valence electrons. The molecule has 0 spiro atoms. The molecule has 0 amide bonds. The molecule has 1 atom stereocenters. The van der Waals surface area contributed by atoms with Gasteiger partial charge in [-0.3, -0.25) is 4.68 Å². The Hall–Kier alpha value is -2.93. The van der Waals surface area contributed by atoms with E-state index in [9.17, 15) is 0 Å². The number of aryl methyl sites for hydroxylation is 1. The minimum Gasteiger partial charge on any atom is -0.367 e. The summed E-state index contributed by atoms with van der Waals surface area (Å²) in [6.45, 7) is 4.15. The van der Waals surface area contributed by atoms with E-state index >= 15 is 0 Å². The van der Waals surface area contributed by atoms with Crippen molar-refractivity contribution >= 4 is 34.1 Å². The third kappa shape index (κ3) is 3.82. The summed E-state index contributed by atoms with van der Waals surface area (Å²) in [5, 5.41) is 15.8. The Morgan fingerprint density at radius 1 is 1.21 bits per heavy atom. The van der Waals surface area contributed by atoms with Crippen molar-refractivity contribution in [3.63, 3.8) is 0 Å². The van der Waals surface area contributed by atoms with Crippen LogP contribution in [0.25, 0.3) is 16.5 Å². The maximum atomic E-state index is 4.91. The Morgan fingerprint density at radius 2 is 2.10 bits per heavy atom. The van der Waals surface area contributed by atoms with E-state index in [0.717, 1.165) is 48.0 Å². The van der Waals surface area contributed by atoms with Gasteiger partial charge in [0.15, 0.2) is 5.82 Å². The molecule has 1 unspecified atom stereocenters. The number of rotatable bonds is 6. The Morgan fingerprint density at radius 3 is 2.83 bits per heavy atom. The highest BCUT2D eigenvalue weighted by atomic mass is 15.3. The fraction of sp³-hybridized carbons (Fsp3) is 0.409. The third-order valence-corrected chi connectivity index (χ3v) is 5.78. The van der Waals surface area contributed by atoms with Crippen LogP contribution >= 0.6 is 0 Å². The van der Waals surface area contributed by atoms with Crippen LogP contribution in [-0.2, 0) is 7.05 Å². The first-order valence-electron chi connectivity index (χ1n) is 10.4. The van der Waals surface area contributed by atoms with Crippen LogP contribution in [-0.4, -0.2) is 38.9 Å². The van der Waals surface area contributed by atoms with Gasteiger partial charge in [0, 0.05) is 42.8 Å². The van der Waals surface area contributed by atoms with Crippen LogP contribution < -0.4 is 16.0 Å². The van der Waals surface area contributed by atoms with Crippen LogP contribution in [0.4, 0.5) is 17.6 Å². The Balaban J connectivity index is 1.60. The summed E-state index contributed by atoms with van der Waals surface area (Å²) in [6, 6.07) is 8.73. The number of anilines is 3. The predicted octanol–water partition coefficient (Wildman–Crippen LogP) is 3.69. The minimum absolute atomic E-state index is 0.401. The zero-order valence-electron chi connectivity index (χ0n) is 16.9. The van der Waals surface area contributed by atoms with Crippen molar-refractivity contribution in [2.75, 3.05) is 23.7 Å². The van der Waals surface area contributed by atoms with E-state index in [0.29, 0.717) is 12.0 Å². The monoisotopic (exact) mass is 389 g/mol. The minimum atomic E-state index is 0.401. The molecule has 0 radical (unpaired) electrons. The first-order chi connectivity index (χ1) is 14.2. The topological polar surface area (TPSA) is 79.7 Å². The van der Waals surface area contributed by atoms with Crippen molar-refractivity contribution in [2.24, 2.45) is 13.0 Å². The van der Waals surface area contributed by atoms with Crippen LogP contribution in [0.5, 0.6) is 0 Å². The summed E-state index contributed by atoms with van der Waals surface area (Å²) in [7, 11) is 1.90. The summed E-state index contributed by atoms with van der Waals surface area (Å²) < 4.78 is 1.77. The molecule has 2 aliphatic rings. The molecule has 1 aliphatic carbocycles. The molecule has 2 aromatic heterocycles. The first-order valence-corrected chi connectivity index (χ1v) is 10.4. The number of fused-ring (bicyclic) bond motifs is 1. The van der Waals surface area contributed by atoms with E-state index in [1.54, 1.807) is 4.68 Å². The number of aromatic nitrogens is 4. The molecule has 7 heteroatoms. The molecule has 1 aromatic carbocycles. The summed E-state index contributed by atoms with van der Waals surface area (Å²) in [5.74, 6) is 2.95. The average molecular weight is 390 g/mol. The van der Waals surface area contributed by atoms with Crippen molar-refractivity contribution in [1.29, 1.82) is 0 Å². The number of nitrogens with one attached hydrogen (secondary N) is 3. The van der Waals surface area contributed by atoms with Gasteiger partial charge in [0.2, 0.25) is 5.95 Å². The Bertz CT molecular complexity index is 1060. The van der Waals surface area contributed by atoms with Crippen LogP contribution in [0, 0.1) is 5.92 Å². The molecule has 1 aliphatic heterocycles. The molecule has 1 fully saturated rings. The van der Waals surface area contributed by atoms with Gasteiger partial charge in [0.25, 0.3) is 0 Å². The number of para-hydroxylation sites is 1. The van der Waals surface area contributed by atoms with Gasteiger partial charge in [-0.2, -0.15) is 10.1 Å². The highest BCUT2D eigenvalue weighted by Crippen LogP contribution is 2.36. The van der Waals surface area contributed by atoms with E-state index < -0.39 is 0 Å². The average Bonchev–Trinajstić information content (AvgIpc) is 3.51. The lowest BCUT2D eigenvalue weighted by atomic mass is 9.97. The molecule has 3 heterocycles. The van der Waals surface area contributed by atoms with Gasteiger partial charge in [-0.25, -0.2) is 4.98 Å². The molecule has 1 saturated carbocycles. The molecule has 7 nitrogen and oxygen atoms in total.